The van der Waals surface area contributed by atoms with Crippen LogP contribution in [0.5, 0.6) is 0 Å². The molecule has 2 atom stereocenters. The first kappa shape index (κ1) is 8.04. The molecule has 2 aliphatic rings. The first-order chi connectivity index (χ1) is 6.74. The Hall–Kier alpha value is -1.31. The second kappa shape index (κ2) is 2.59. The molecule has 0 bridgehead atoms. The fraction of sp³-hybridized carbons (Fsp3) is 0.417. The standard InChI is InChI=1S/C12H12O2/c1-7-2-3-8-5-11-10(9(8)4-7)6-12(13)14-11/h2-4,10-11H,5-6H2,1H3/t10-,11+/m1/s1. The Kier molecular flexibility index (Phi) is 1.49. The highest BCUT2D eigenvalue weighted by atomic mass is 16.5. The molecule has 1 heterocycles. The maximum atomic E-state index is 11.1. The van der Waals surface area contributed by atoms with E-state index in [0.717, 1.165) is 6.42 Å². The average molecular weight is 188 g/mol. The van der Waals surface area contributed by atoms with E-state index in [9.17, 15) is 4.79 Å². The van der Waals surface area contributed by atoms with Crippen LogP contribution in [0.25, 0.3) is 0 Å². The third-order valence-corrected chi connectivity index (χ3v) is 3.24. The van der Waals surface area contributed by atoms with Crippen LogP contribution >= 0.6 is 0 Å². The van der Waals surface area contributed by atoms with Crippen molar-refractivity contribution in [3.05, 3.63) is 34.9 Å². The van der Waals surface area contributed by atoms with Crippen molar-refractivity contribution in [2.24, 2.45) is 0 Å². The van der Waals surface area contributed by atoms with Crippen molar-refractivity contribution in [3.63, 3.8) is 0 Å². The summed E-state index contributed by atoms with van der Waals surface area (Å²) in [4.78, 5) is 11.1. The molecule has 1 fully saturated rings. The summed E-state index contributed by atoms with van der Waals surface area (Å²) in [5, 5.41) is 0. The zero-order chi connectivity index (χ0) is 9.71. The summed E-state index contributed by atoms with van der Waals surface area (Å²) in [7, 11) is 0. The Balaban J connectivity index is 2.07. The van der Waals surface area contributed by atoms with Gasteiger partial charge in [0.05, 0.1) is 6.42 Å². The molecule has 14 heavy (non-hydrogen) atoms. The van der Waals surface area contributed by atoms with Crippen LogP contribution in [0.4, 0.5) is 0 Å². The lowest BCUT2D eigenvalue weighted by Crippen LogP contribution is -2.09. The average Bonchev–Trinajstić information content (AvgIpc) is 2.62. The quantitative estimate of drug-likeness (QED) is 0.582. The lowest BCUT2D eigenvalue weighted by molar-refractivity contribution is -0.141. The number of carbonyl (C=O) groups excluding carboxylic acids is 1. The molecule has 2 nitrogen and oxygen atoms in total. The molecule has 2 heteroatoms. The molecule has 0 aromatic heterocycles. The van der Waals surface area contributed by atoms with Crippen molar-refractivity contribution in [1.82, 2.24) is 0 Å². The zero-order valence-electron chi connectivity index (χ0n) is 8.12. The molecule has 0 spiro atoms. The lowest BCUT2D eigenvalue weighted by atomic mass is 9.97. The summed E-state index contributed by atoms with van der Waals surface area (Å²) in [6.07, 6.45) is 1.60. The van der Waals surface area contributed by atoms with Crippen LogP contribution in [0.1, 0.15) is 29.0 Å². The lowest BCUT2D eigenvalue weighted by Gasteiger charge is -2.06. The summed E-state index contributed by atoms with van der Waals surface area (Å²) >= 11 is 0. The minimum Gasteiger partial charge on any atom is -0.461 e. The first-order valence-electron chi connectivity index (χ1n) is 5.03. The first-order valence-corrected chi connectivity index (χ1v) is 5.03. The third-order valence-electron chi connectivity index (χ3n) is 3.24. The number of hydrogen-bond acceptors (Lipinski definition) is 2. The van der Waals surface area contributed by atoms with E-state index in [2.05, 4.69) is 25.1 Å². The van der Waals surface area contributed by atoms with Crippen LogP contribution in [0, 0.1) is 6.92 Å². The van der Waals surface area contributed by atoms with Crippen LogP contribution < -0.4 is 0 Å². The number of carbonyl (C=O) groups is 1. The van der Waals surface area contributed by atoms with Crippen LogP contribution in [-0.2, 0) is 16.0 Å². The molecule has 1 aromatic rings. The highest BCUT2D eigenvalue weighted by molar-refractivity contribution is 5.74. The van der Waals surface area contributed by atoms with Crippen molar-refractivity contribution in [2.75, 3.05) is 0 Å². The molecule has 1 aromatic carbocycles. The summed E-state index contributed by atoms with van der Waals surface area (Å²) in [6, 6.07) is 6.49. The highest BCUT2D eigenvalue weighted by Crippen LogP contribution is 2.42. The fourth-order valence-corrected chi connectivity index (χ4v) is 2.57. The van der Waals surface area contributed by atoms with Crippen LogP contribution in [-0.4, -0.2) is 12.1 Å². The molecule has 0 N–H and O–H groups in total. The van der Waals surface area contributed by atoms with Gasteiger partial charge in [0.15, 0.2) is 0 Å². The van der Waals surface area contributed by atoms with Gasteiger partial charge in [0, 0.05) is 12.3 Å². The van der Waals surface area contributed by atoms with Gasteiger partial charge in [0.2, 0.25) is 0 Å². The van der Waals surface area contributed by atoms with Gasteiger partial charge in [0.1, 0.15) is 6.10 Å². The molecule has 1 aliphatic heterocycles. The van der Waals surface area contributed by atoms with Crippen molar-refractivity contribution in [3.8, 4) is 0 Å². The summed E-state index contributed by atoms with van der Waals surface area (Å²) < 4.78 is 5.27. The zero-order valence-corrected chi connectivity index (χ0v) is 8.12. The SMILES string of the molecule is Cc1ccc2c(c1)[C@H]1CC(=O)O[C@H]1C2. The van der Waals surface area contributed by atoms with Crippen LogP contribution in [0.15, 0.2) is 18.2 Å². The van der Waals surface area contributed by atoms with Crippen molar-refractivity contribution < 1.29 is 9.53 Å². The topological polar surface area (TPSA) is 26.3 Å². The van der Waals surface area contributed by atoms with E-state index in [1.807, 2.05) is 0 Å². The Bertz CT molecular complexity index is 409. The van der Waals surface area contributed by atoms with Gasteiger partial charge < -0.3 is 4.74 Å². The molecule has 0 saturated carbocycles. The summed E-state index contributed by atoms with van der Waals surface area (Å²) in [5.74, 6) is 0.296. The largest absolute Gasteiger partial charge is 0.461 e. The van der Waals surface area contributed by atoms with E-state index in [1.54, 1.807) is 0 Å². The van der Waals surface area contributed by atoms with Gasteiger partial charge in [0.25, 0.3) is 0 Å². The second-order valence-electron chi connectivity index (χ2n) is 4.25. The maximum Gasteiger partial charge on any atom is 0.306 e. The van der Waals surface area contributed by atoms with E-state index >= 15 is 0 Å². The molecule has 0 unspecified atom stereocenters. The molecule has 1 saturated heterocycles. The molecular formula is C12H12O2. The minimum absolute atomic E-state index is 0.0350. The highest BCUT2D eigenvalue weighted by Gasteiger charge is 2.41. The van der Waals surface area contributed by atoms with E-state index < -0.39 is 0 Å². The Morgan fingerprint density at radius 3 is 3.07 bits per heavy atom. The van der Waals surface area contributed by atoms with Crippen molar-refractivity contribution in [2.45, 2.75) is 31.8 Å². The number of fused-ring (bicyclic) bond motifs is 3. The molecule has 0 amide bonds. The van der Waals surface area contributed by atoms with Gasteiger partial charge >= 0.3 is 5.97 Å². The van der Waals surface area contributed by atoms with Gasteiger partial charge in [-0.2, -0.15) is 0 Å². The van der Waals surface area contributed by atoms with E-state index in [0.29, 0.717) is 12.3 Å². The smallest absolute Gasteiger partial charge is 0.306 e. The number of rotatable bonds is 0. The van der Waals surface area contributed by atoms with E-state index in [4.69, 9.17) is 4.74 Å². The van der Waals surface area contributed by atoms with Crippen LogP contribution in [0.3, 0.4) is 0 Å². The predicted molar refractivity (Wildman–Crippen MR) is 52.1 cm³/mol. The Morgan fingerprint density at radius 1 is 1.36 bits per heavy atom. The Morgan fingerprint density at radius 2 is 2.21 bits per heavy atom. The van der Waals surface area contributed by atoms with Gasteiger partial charge in [-0.1, -0.05) is 23.8 Å². The number of hydrogen-bond donors (Lipinski definition) is 0. The number of aryl methyl sites for hydroxylation is 1. The molecule has 1 aliphatic carbocycles. The summed E-state index contributed by atoms with van der Waals surface area (Å²) in [6.45, 7) is 2.09. The van der Waals surface area contributed by atoms with Crippen molar-refractivity contribution >= 4 is 5.97 Å². The van der Waals surface area contributed by atoms with Gasteiger partial charge in [-0.3, -0.25) is 4.79 Å². The number of esters is 1. The second-order valence-corrected chi connectivity index (χ2v) is 4.25. The third kappa shape index (κ3) is 0.999. The van der Waals surface area contributed by atoms with E-state index in [1.165, 1.54) is 16.7 Å². The molecule has 72 valence electrons. The number of ether oxygens (including phenoxy) is 1. The fourth-order valence-electron chi connectivity index (χ4n) is 2.57. The molecule has 0 radical (unpaired) electrons. The predicted octanol–water partition coefficient (Wildman–Crippen LogP) is 1.95. The van der Waals surface area contributed by atoms with Gasteiger partial charge in [-0.05, 0) is 18.1 Å². The Labute approximate surface area is 82.9 Å². The number of benzene rings is 1. The minimum atomic E-state index is -0.0350. The maximum absolute atomic E-state index is 11.1. The van der Waals surface area contributed by atoms with Gasteiger partial charge in [-0.15, -0.1) is 0 Å². The van der Waals surface area contributed by atoms with E-state index in [-0.39, 0.29) is 12.1 Å². The summed E-state index contributed by atoms with van der Waals surface area (Å²) in [5.41, 5.74) is 3.96. The van der Waals surface area contributed by atoms with Gasteiger partial charge in [-0.25, -0.2) is 0 Å². The normalized spacial score (nSPS) is 28.5. The van der Waals surface area contributed by atoms with Crippen LogP contribution in [0.2, 0.25) is 0 Å². The molecule has 3 rings (SSSR count). The molecular weight excluding hydrogens is 176 g/mol. The van der Waals surface area contributed by atoms with Crippen molar-refractivity contribution in [1.29, 1.82) is 0 Å². The monoisotopic (exact) mass is 188 g/mol.